The summed E-state index contributed by atoms with van der Waals surface area (Å²) in [6.45, 7) is 4.77. The second kappa shape index (κ2) is 12.0. The highest BCUT2D eigenvalue weighted by Gasteiger charge is 2.37. The molecule has 0 bridgehead atoms. The van der Waals surface area contributed by atoms with Crippen LogP contribution in [0.1, 0.15) is 25.0 Å². The molecule has 0 saturated heterocycles. The van der Waals surface area contributed by atoms with Gasteiger partial charge in [0.25, 0.3) is 0 Å². The van der Waals surface area contributed by atoms with E-state index < -0.39 is 0 Å². The van der Waals surface area contributed by atoms with Crippen molar-refractivity contribution in [2.24, 2.45) is 0 Å². The molecule has 0 heteroatoms. The SMILES string of the molecule is CC1(C)c2ccccc2-c2c(-c3c4ccccc4c(-c4cc5c6ccccc6ccc5c5ccccc45)c4ccc(-c5cccc6ccccc56)cc34)cccc21. The Morgan fingerprint density at radius 2 is 0.772 bits per heavy atom. The molecule has 1 aliphatic carbocycles. The Bertz CT molecular complexity index is 3480. The molecule has 266 valence electrons. The van der Waals surface area contributed by atoms with E-state index in [4.69, 9.17) is 0 Å². The van der Waals surface area contributed by atoms with Crippen LogP contribution in [0.5, 0.6) is 0 Å². The Labute approximate surface area is 332 Å². The highest BCUT2D eigenvalue weighted by molar-refractivity contribution is 6.28. The summed E-state index contributed by atoms with van der Waals surface area (Å²) in [4.78, 5) is 0. The topological polar surface area (TPSA) is 0 Å². The number of hydrogen-bond acceptors (Lipinski definition) is 0. The lowest BCUT2D eigenvalue weighted by molar-refractivity contribution is 0.660. The third-order valence-electron chi connectivity index (χ3n) is 13.0. The molecule has 0 fully saturated rings. The predicted molar refractivity (Wildman–Crippen MR) is 245 cm³/mol. The van der Waals surface area contributed by atoms with E-state index in [9.17, 15) is 0 Å². The molecule has 0 saturated carbocycles. The number of rotatable bonds is 3. The van der Waals surface area contributed by atoms with Gasteiger partial charge in [-0.3, -0.25) is 0 Å². The second-order valence-corrected chi connectivity index (χ2v) is 16.3. The fourth-order valence-corrected chi connectivity index (χ4v) is 10.4. The predicted octanol–water partition coefficient (Wildman–Crippen LogP) is 15.9. The van der Waals surface area contributed by atoms with Crippen LogP contribution in [0.3, 0.4) is 0 Å². The highest BCUT2D eigenvalue weighted by Crippen LogP contribution is 2.55. The zero-order chi connectivity index (χ0) is 37.8. The standard InChI is InChI=1S/C57H38/c1-57(2)52-27-12-11-24-47(52)56-48(26-14-28-53(56)57)55-45-23-10-9-22-44(45)54(46-32-30-37(33-50(46)55)40-25-13-17-35-15-3-5-18-38(35)40)51-34-49-39-19-6-4-16-36(39)29-31-43(49)41-20-7-8-21-42(41)51/h3-34H,1-2H3. The molecule has 0 N–H and O–H groups in total. The smallest absolute Gasteiger partial charge is 0.0159 e. The lowest BCUT2D eigenvalue weighted by Crippen LogP contribution is -2.14. The van der Waals surface area contributed by atoms with Gasteiger partial charge in [0.05, 0.1) is 0 Å². The van der Waals surface area contributed by atoms with Crippen LogP contribution in [-0.4, -0.2) is 0 Å². The average molecular weight is 723 g/mol. The summed E-state index contributed by atoms with van der Waals surface area (Å²) in [5, 5.41) is 15.3. The van der Waals surface area contributed by atoms with Crippen LogP contribution in [0.4, 0.5) is 0 Å². The third kappa shape index (κ3) is 4.56. The molecule has 0 radical (unpaired) electrons. The minimum absolute atomic E-state index is 0.103. The van der Waals surface area contributed by atoms with Gasteiger partial charge in [0, 0.05) is 5.41 Å². The van der Waals surface area contributed by atoms with E-state index in [1.54, 1.807) is 0 Å². The Balaban J connectivity index is 1.27. The van der Waals surface area contributed by atoms with Crippen molar-refractivity contribution >= 4 is 64.6 Å². The van der Waals surface area contributed by atoms with Crippen LogP contribution in [-0.2, 0) is 5.41 Å². The van der Waals surface area contributed by atoms with Crippen LogP contribution in [0, 0.1) is 0 Å². The van der Waals surface area contributed by atoms with Crippen LogP contribution in [0.25, 0.3) is 109 Å². The van der Waals surface area contributed by atoms with Crippen molar-refractivity contribution in [3.63, 3.8) is 0 Å². The summed E-state index contributed by atoms with van der Waals surface area (Å²) in [5.74, 6) is 0. The molecule has 12 rings (SSSR count). The first-order chi connectivity index (χ1) is 28.1. The molecule has 0 aliphatic heterocycles. The second-order valence-electron chi connectivity index (χ2n) is 16.3. The maximum Gasteiger partial charge on any atom is 0.0159 e. The lowest BCUT2D eigenvalue weighted by atomic mass is 9.80. The maximum absolute atomic E-state index is 2.49. The summed E-state index contributed by atoms with van der Waals surface area (Å²) in [6.07, 6.45) is 0. The highest BCUT2D eigenvalue weighted by atomic mass is 14.4. The number of benzene rings is 11. The van der Waals surface area contributed by atoms with E-state index in [1.807, 2.05) is 0 Å². The molecule has 0 nitrogen and oxygen atoms in total. The van der Waals surface area contributed by atoms with Crippen molar-refractivity contribution < 1.29 is 0 Å². The molecule has 0 unspecified atom stereocenters. The van der Waals surface area contributed by atoms with Crippen LogP contribution < -0.4 is 0 Å². The Morgan fingerprint density at radius 1 is 0.263 bits per heavy atom. The van der Waals surface area contributed by atoms with Gasteiger partial charge in [-0.25, -0.2) is 0 Å². The van der Waals surface area contributed by atoms with Crippen LogP contribution in [0.2, 0.25) is 0 Å². The Morgan fingerprint density at radius 3 is 1.58 bits per heavy atom. The molecule has 0 amide bonds. The van der Waals surface area contributed by atoms with Crippen LogP contribution >= 0.6 is 0 Å². The molecule has 0 spiro atoms. The van der Waals surface area contributed by atoms with E-state index in [-0.39, 0.29) is 5.41 Å². The van der Waals surface area contributed by atoms with Crippen molar-refractivity contribution in [1.82, 2.24) is 0 Å². The molecule has 57 heavy (non-hydrogen) atoms. The quantitative estimate of drug-likeness (QED) is 0.126. The third-order valence-corrected chi connectivity index (χ3v) is 13.0. The molecule has 1 aliphatic rings. The van der Waals surface area contributed by atoms with Crippen molar-refractivity contribution in [1.29, 1.82) is 0 Å². The fraction of sp³-hybridized carbons (Fsp3) is 0.0526. The first kappa shape index (κ1) is 32.2. The molecule has 11 aromatic carbocycles. The van der Waals surface area contributed by atoms with E-state index in [2.05, 4.69) is 208 Å². The zero-order valence-corrected chi connectivity index (χ0v) is 32.0. The number of fused-ring (bicyclic) bond motifs is 11. The van der Waals surface area contributed by atoms with Gasteiger partial charge in [-0.15, -0.1) is 0 Å². The summed E-state index contributed by atoms with van der Waals surface area (Å²) in [7, 11) is 0. The van der Waals surface area contributed by atoms with Gasteiger partial charge >= 0.3 is 0 Å². The monoisotopic (exact) mass is 722 g/mol. The van der Waals surface area contributed by atoms with Gasteiger partial charge in [-0.2, -0.15) is 0 Å². The van der Waals surface area contributed by atoms with E-state index in [0.717, 1.165) is 0 Å². The van der Waals surface area contributed by atoms with Gasteiger partial charge in [0.1, 0.15) is 0 Å². The van der Waals surface area contributed by atoms with Crippen molar-refractivity contribution in [2.45, 2.75) is 19.3 Å². The molecular weight excluding hydrogens is 685 g/mol. The van der Waals surface area contributed by atoms with Gasteiger partial charge in [-0.05, 0) is 132 Å². The molecular formula is C57H38. The molecule has 11 aromatic rings. The molecule has 0 atom stereocenters. The average Bonchev–Trinajstić information content (AvgIpc) is 3.51. The summed E-state index contributed by atoms with van der Waals surface area (Å²) in [5.41, 5.74) is 13.0. The first-order valence-electron chi connectivity index (χ1n) is 20.1. The maximum atomic E-state index is 2.49. The lowest BCUT2D eigenvalue weighted by Gasteiger charge is -2.23. The van der Waals surface area contributed by atoms with Gasteiger partial charge in [0.2, 0.25) is 0 Å². The summed E-state index contributed by atoms with van der Waals surface area (Å²) < 4.78 is 0. The summed E-state index contributed by atoms with van der Waals surface area (Å²) >= 11 is 0. The Hall–Kier alpha value is -7.02. The summed E-state index contributed by atoms with van der Waals surface area (Å²) in [6, 6.07) is 72.9. The fourth-order valence-electron chi connectivity index (χ4n) is 10.4. The Kier molecular flexibility index (Phi) is 6.78. The minimum atomic E-state index is -0.103. The van der Waals surface area contributed by atoms with E-state index >= 15 is 0 Å². The van der Waals surface area contributed by atoms with Gasteiger partial charge in [0.15, 0.2) is 0 Å². The molecule has 0 aromatic heterocycles. The van der Waals surface area contributed by atoms with E-state index in [0.29, 0.717) is 0 Å². The first-order valence-corrected chi connectivity index (χ1v) is 20.1. The van der Waals surface area contributed by atoms with Crippen LogP contribution in [0.15, 0.2) is 194 Å². The minimum Gasteiger partial charge on any atom is -0.0619 e. The number of hydrogen-bond donors (Lipinski definition) is 0. The van der Waals surface area contributed by atoms with E-state index in [1.165, 1.54) is 120 Å². The zero-order valence-electron chi connectivity index (χ0n) is 32.0. The largest absolute Gasteiger partial charge is 0.0619 e. The van der Waals surface area contributed by atoms with Crippen molar-refractivity contribution in [2.75, 3.05) is 0 Å². The van der Waals surface area contributed by atoms with Gasteiger partial charge in [-0.1, -0.05) is 196 Å². The molecule has 0 heterocycles. The van der Waals surface area contributed by atoms with Crippen molar-refractivity contribution in [3.05, 3.63) is 205 Å². The van der Waals surface area contributed by atoms with Crippen molar-refractivity contribution in [3.8, 4) is 44.5 Å². The van der Waals surface area contributed by atoms with Gasteiger partial charge < -0.3 is 0 Å². The normalized spacial score (nSPS) is 13.2.